The van der Waals surface area contributed by atoms with Crippen LogP contribution in [-0.4, -0.2) is 43.6 Å². The second-order valence-electron chi connectivity index (χ2n) is 18.0. The number of nitrogens with zero attached hydrogens (tertiary/aromatic N) is 2. The minimum atomic E-state index is -1.35. The third kappa shape index (κ3) is 6.51. The first-order valence-electron chi connectivity index (χ1n) is 20.7. The van der Waals surface area contributed by atoms with E-state index in [9.17, 15) is 0 Å². The van der Waals surface area contributed by atoms with Crippen LogP contribution in [0.4, 0.5) is 28.4 Å². The van der Waals surface area contributed by atoms with Crippen molar-refractivity contribution in [3.05, 3.63) is 186 Å². The van der Waals surface area contributed by atoms with E-state index in [1.807, 2.05) is 6.08 Å². The normalized spacial score (nSPS) is 14.6. The Morgan fingerprint density at radius 2 is 0.966 bits per heavy atom. The molecule has 0 heterocycles. The molecular formula is C55H60N2S2. The van der Waals surface area contributed by atoms with Gasteiger partial charge in [0.2, 0.25) is 0 Å². The van der Waals surface area contributed by atoms with Crippen LogP contribution >= 0.6 is 20.1 Å². The largest absolute Gasteiger partial charge is 0.334 e. The number of hydrogen-bond donors (Lipinski definition) is 0. The standard InChI is InChI=1S/C55H60N2S2/c1-13-14-22-41(6)56(43-31-29-37(2)39(4)33-43)51-35-49-53(47-27-20-18-25-45(47)51)54-48-28-21-19-26-46(48)52(36-50(54)55(49,58(7,8)9)59(10,11)12)57(42-23-16-15-17-24-42)44-32-30-38(3)40(5)34-44/h13-36,41H,1H2,2-12H3/b22-14-. The maximum Gasteiger partial charge on any atom is 0.0813 e. The highest BCUT2D eigenvalue weighted by Gasteiger charge is 2.56. The van der Waals surface area contributed by atoms with Gasteiger partial charge in [-0.25, -0.2) is 20.1 Å². The fraction of sp³-hybridized carbons (Fsp3) is 0.236. The molecule has 0 aliphatic heterocycles. The van der Waals surface area contributed by atoms with Gasteiger partial charge in [0, 0.05) is 39.6 Å². The number of para-hydroxylation sites is 1. The molecule has 4 heteroatoms. The molecule has 7 aromatic rings. The second kappa shape index (κ2) is 15.1. The molecule has 302 valence electrons. The van der Waals surface area contributed by atoms with Gasteiger partial charge < -0.3 is 9.80 Å². The molecule has 0 saturated carbocycles. The Morgan fingerprint density at radius 1 is 0.508 bits per heavy atom. The molecular weight excluding hydrogens is 753 g/mol. The smallest absolute Gasteiger partial charge is 0.0813 e. The molecule has 59 heavy (non-hydrogen) atoms. The molecule has 0 saturated heterocycles. The lowest BCUT2D eigenvalue weighted by Gasteiger charge is -2.59. The summed E-state index contributed by atoms with van der Waals surface area (Å²) in [6, 6.07) is 48.6. The summed E-state index contributed by atoms with van der Waals surface area (Å²) in [5, 5.41) is 5.16. The molecule has 0 aromatic heterocycles. The summed E-state index contributed by atoms with van der Waals surface area (Å²) in [6.07, 6.45) is 21.7. The van der Waals surface area contributed by atoms with Crippen LogP contribution in [0.5, 0.6) is 0 Å². The van der Waals surface area contributed by atoms with Crippen molar-refractivity contribution in [2.45, 2.75) is 44.7 Å². The molecule has 2 nitrogen and oxygen atoms in total. The lowest BCUT2D eigenvalue weighted by molar-refractivity contribution is 0.865. The lowest BCUT2D eigenvalue weighted by atomic mass is 9.91. The number of anilines is 5. The zero-order valence-corrected chi connectivity index (χ0v) is 38.5. The Kier molecular flexibility index (Phi) is 10.4. The summed E-state index contributed by atoms with van der Waals surface area (Å²) in [4.78, 5) is 5.08. The fourth-order valence-electron chi connectivity index (χ4n) is 10.0. The highest BCUT2D eigenvalue weighted by molar-refractivity contribution is 8.48. The Hall–Kier alpha value is -5.16. The van der Waals surface area contributed by atoms with Crippen molar-refractivity contribution >= 4 is 70.0 Å². The quantitative estimate of drug-likeness (QED) is 0.127. The van der Waals surface area contributed by atoms with Crippen molar-refractivity contribution in [2.75, 3.05) is 47.3 Å². The minimum Gasteiger partial charge on any atom is -0.334 e. The van der Waals surface area contributed by atoms with Crippen LogP contribution in [-0.2, 0) is 4.08 Å². The summed E-state index contributed by atoms with van der Waals surface area (Å²) in [5.41, 5.74) is 16.9. The van der Waals surface area contributed by atoms with Gasteiger partial charge in [0.25, 0.3) is 0 Å². The summed E-state index contributed by atoms with van der Waals surface area (Å²) >= 11 is 0. The topological polar surface area (TPSA) is 6.48 Å². The first-order chi connectivity index (χ1) is 28.1. The van der Waals surface area contributed by atoms with E-state index in [0.29, 0.717) is 0 Å². The molecule has 0 amide bonds. The van der Waals surface area contributed by atoms with E-state index < -0.39 is 20.1 Å². The molecule has 1 aliphatic carbocycles. The van der Waals surface area contributed by atoms with Gasteiger partial charge in [0.1, 0.15) is 0 Å². The molecule has 7 aromatic carbocycles. The molecule has 0 radical (unpaired) electrons. The van der Waals surface area contributed by atoms with Crippen molar-refractivity contribution < 1.29 is 0 Å². The average Bonchev–Trinajstić information content (AvgIpc) is 3.52. The maximum absolute atomic E-state index is 4.04. The molecule has 0 bridgehead atoms. The van der Waals surface area contributed by atoms with E-state index in [1.54, 1.807) is 0 Å². The first-order valence-corrected chi connectivity index (χ1v) is 26.4. The van der Waals surface area contributed by atoms with E-state index in [4.69, 9.17) is 0 Å². The van der Waals surface area contributed by atoms with Gasteiger partial charge in [0.15, 0.2) is 0 Å². The van der Waals surface area contributed by atoms with E-state index in [0.717, 1.165) is 5.69 Å². The Morgan fingerprint density at radius 3 is 1.47 bits per heavy atom. The van der Waals surface area contributed by atoms with E-state index in [1.165, 1.54) is 88.8 Å². The number of hydrogen-bond acceptors (Lipinski definition) is 2. The van der Waals surface area contributed by atoms with Crippen molar-refractivity contribution in [3.63, 3.8) is 0 Å². The van der Waals surface area contributed by atoms with Gasteiger partial charge in [-0.1, -0.05) is 104 Å². The summed E-state index contributed by atoms with van der Waals surface area (Å²) < 4.78 is -0.233. The average molecular weight is 813 g/mol. The second-order valence-corrected chi connectivity index (χ2v) is 26.8. The number of aryl methyl sites for hydroxylation is 4. The monoisotopic (exact) mass is 812 g/mol. The van der Waals surface area contributed by atoms with E-state index in [2.05, 4.69) is 228 Å². The Balaban J connectivity index is 1.55. The molecule has 0 fully saturated rings. The van der Waals surface area contributed by atoms with Gasteiger partial charge in [-0.3, -0.25) is 0 Å². The highest BCUT2D eigenvalue weighted by Crippen LogP contribution is 2.81. The highest BCUT2D eigenvalue weighted by atomic mass is 32.3. The van der Waals surface area contributed by atoms with Gasteiger partial charge in [0.05, 0.1) is 9.77 Å². The van der Waals surface area contributed by atoms with Crippen LogP contribution in [0.1, 0.15) is 40.3 Å². The lowest BCUT2D eigenvalue weighted by Crippen LogP contribution is -2.36. The molecule has 1 atom stereocenters. The predicted molar refractivity (Wildman–Crippen MR) is 269 cm³/mol. The van der Waals surface area contributed by atoms with Crippen LogP contribution in [0.15, 0.2) is 152 Å². The Labute approximate surface area is 356 Å². The van der Waals surface area contributed by atoms with Crippen molar-refractivity contribution in [1.29, 1.82) is 0 Å². The number of allylic oxidation sites excluding steroid dienone is 2. The van der Waals surface area contributed by atoms with E-state index >= 15 is 0 Å². The zero-order chi connectivity index (χ0) is 42.0. The fourth-order valence-corrected chi connectivity index (χ4v) is 19.3. The van der Waals surface area contributed by atoms with Gasteiger partial charge in [-0.05, 0) is 176 Å². The summed E-state index contributed by atoms with van der Waals surface area (Å²) in [7, 11) is -2.70. The van der Waals surface area contributed by atoms with Crippen molar-refractivity contribution in [3.8, 4) is 11.1 Å². The molecule has 1 aliphatic rings. The SMILES string of the molecule is C=C/C=C\C(C)N(c1ccc(C)c(C)c1)c1cc2c(c3ccccc13)-c1c(cc(N(c3ccccc3)c3ccc(C)c(C)c3)c3ccccc13)C2(S(C)(C)C)S(C)(C)C. The van der Waals surface area contributed by atoms with E-state index in [-0.39, 0.29) is 10.1 Å². The third-order valence-corrected chi connectivity index (χ3v) is 20.0. The van der Waals surface area contributed by atoms with Crippen molar-refractivity contribution in [1.82, 2.24) is 0 Å². The summed E-state index contributed by atoms with van der Waals surface area (Å²) in [6.45, 7) is 15.2. The van der Waals surface area contributed by atoms with Crippen LogP contribution in [0.2, 0.25) is 0 Å². The first kappa shape index (κ1) is 40.6. The number of benzene rings is 7. The number of fused-ring (bicyclic) bond motifs is 7. The maximum atomic E-state index is 4.04. The molecule has 0 spiro atoms. The number of rotatable bonds is 10. The van der Waals surface area contributed by atoms with Crippen LogP contribution in [0, 0.1) is 27.7 Å². The zero-order valence-electron chi connectivity index (χ0n) is 36.9. The van der Waals surface area contributed by atoms with Crippen LogP contribution in [0.25, 0.3) is 32.7 Å². The third-order valence-electron chi connectivity index (χ3n) is 12.7. The van der Waals surface area contributed by atoms with Gasteiger partial charge in [-0.2, -0.15) is 0 Å². The molecule has 8 rings (SSSR count). The van der Waals surface area contributed by atoms with Gasteiger partial charge >= 0.3 is 0 Å². The minimum absolute atomic E-state index is 0.0727. The Bertz CT molecular complexity index is 2770. The van der Waals surface area contributed by atoms with Crippen LogP contribution < -0.4 is 9.80 Å². The van der Waals surface area contributed by atoms with Crippen LogP contribution in [0.3, 0.4) is 0 Å². The van der Waals surface area contributed by atoms with Gasteiger partial charge in [-0.15, -0.1) is 0 Å². The summed E-state index contributed by atoms with van der Waals surface area (Å²) in [5.74, 6) is 0. The van der Waals surface area contributed by atoms with Crippen molar-refractivity contribution in [2.24, 2.45) is 0 Å². The molecule has 0 N–H and O–H groups in total. The molecule has 1 unspecified atom stereocenters. The predicted octanol–water partition coefficient (Wildman–Crippen LogP) is 15.5.